The molecular weight excluding hydrogens is 418 g/mol. The second-order valence-corrected chi connectivity index (χ2v) is 7.32. The van der Waals surface area contributed by atoms with Crippen molar-refractivity contribution in [3.8, 4) is 17.2 Å². The van der Waals surface area contributed by atoms with Crippen LogP contribution in [0.4, 0.5) is 0 Å². The van der Waals surface area contributed by atoms with E-state index in [2.05, 4.69) is 0 Å². The summed E-state index contributed by atoms with van der Waals surface area (Å²) in [6, 6.07) is 11.0. The lowest BCUT2D eigenvalue weighted by Gasteiger charge is -2.24. The van der Waals surface area contributed by atoms with Crippen LogP contribution < -0.4 is 14.2 Å². The van der Waals surface area contributed by atoms with Crippen molar-refractivity contribution < 1.29 is 24.1 Å². The Morgan fingerprint density at radius 2 is 1.84 bits per heavy atom. The van der Waals surface area contributed by atoms with E-state index in [-0.39, 0.29) is 12.5 Å². The molecule has 0 saturated carbocycles. The lowest BCUT2D eigenvalue weighted by Crippen LogP contribution is -2.35. The Kier molecular flexibility index (Phi) is 9.69. The molecule has 0 saturated heterocycles. The van der Waals surface area contributed by atoms with Crippen molar-refractivity contribution in [2.24, 2.45) is 0 Å². The van der Waals surface area contributed by atoms with Gasteiger partial charge in [-0.15, -0.1) is 0 Å². The van der Waals surface area contributed by atoms with Gasteiger partial charge >= 0.3 is 0 Å². The maximum absolute atomic E-state index is 12.9. The summed E-state index contributed by atoms with van der Waals surface area (Å²) in [4.78, 5) is 14.5. The molecule has 1 amide bonds. The molecular formula is C24H30ClNO5. The smallest absolute Gasteiger partial charge is 0.246 e. The number of nitrogens with zero attached hydrogens (tertiary/aromatic N) is 1. The first-order chi connectivity index (χ1) is 14.9. The molecule has 0 bridgehead atoms. The Labute approximate surface area is 189 Å². The Hall–Kier alpha value is -2.70. The summed E-state index contributed by atoms with van der Waals surface area (Å²) in [5.74, 6) is 1.45. The van der Waals surface area contributed by atoms with Gasteiger partial charge in [0.15, 0.2) is 11.5 Å². The van der Waals surface area contributed by atoms with Gasteiger partial charge in [-0.3, -0.25) is 4.79 Å². The molecule has 0 aliphatic rings. The number of carbonyl (C=O) groups is 1. The largest absolute Gasteiger partial charge is 0.494 e. The van der Waals surface area contributed by atoms with Gasteiger partial charge in [-0.1, -0.05) is 29.8 Å². The number of hydrogen-bond donors (Lipinski definition) is 1. The summed E-state index contributed by atoms with van der Waals surface area (Å²) < 4.78 is 16.5. The standard InChI is InChI=1S/C24H30ClNO5/c1-5-30-21-10-8-7-9-19(21)16-26(15-17(3)27)23(28)12-11-18-13-20(25)24(29-4)22(14-18)31-6-2/h7-14,17,27H,5-6,15-16H2,1-4H3/b12-11-/t17-/m0/s1. The third-order valence-corrected chi connectivity index (χ3v) is 4.66. The van der Waals surface area contributed by atoms with E-state index in [1.165, 1.54) is 13.2 Å². The molecule has 7 heteroatoms. The van der Waals surface area contributed by atoms with Gasteiger partial charge in [-0.05, 0) is 50.6 Å². The van der Waals surface area contributed by atoms with Gasteiger partial charge in [-0.2, -0.15) is 0 Å². The average Bonchev–Trinajstić information content (AvgIpc) is 2.73. The van der Waals surface area contributed by atoms with E-state index in [9.17, 15) is 9.90 Å². The predicted molar refractivity (Wildman–Crippen MR) is 123 cm³/mol. The normalized spacial score (nSPS) is 11.9. The highest BCUT2D eigenvalue weighted by atomic mass is 35.5. The summed E-state index contributed by atoms with van der Waals surface area (Å²) in [7, 11) is 1.52. The summed E-state index contributed by atoms with van der Waals surface area (Å²) >= 11 is 6.29. The number of benzene rings is 2. The molecule has 0 unspecified atom stereocenters. The number of rotatable bonds is 11. The van der Waals surface area contributed by atoms with E-state index in [0.717, 1.165) is 11.3 Å². The number of amides is 1. The zero-order chi connectivity index (χ0) is 22.8. The van der Waals surface area contributed by atoms with Crippen molar-refractivity contribution in [1.29, 1.82) is 0 Å². The number of carbonyl (C=O) groups excluding carboxylic acids is 1. The van der Waals surface area contributed by atoms with Crippen LogP contribution in [-0.4, -0.2) is 48.9 Å². The average molecular weight is 448 g/mol. The van der Waals surface area contributed by atoms with Crippen LogP contribution in [0.2, 0.25) is 5.02 Å². The maximum atomic E-state index is 12.9. The molecule has 0 spiro atoms. The summed E-state index contributed by atoms with van der Waals surface area (Å²) in [6.07, 6.45) is 2.45. The van der Waals surface area contributed by atoms with E-state index in [1.807, 2.05) is 38.1 Å². The van der Waals surface area contributed by atoms with E-state index in [0.29, 0.717) is 41.8 Å². The number of aliphatic hydroxyl groups excluding tert-OH is 1. The van der Waals surface area contributed by atoms with Crippen LogP contribution in [0.5, 0.6) is 17.2 Å². The molecule has 2 aromatic rings. The fourth-order valence-electron chi connectivity index (χ4n) is 3.11. The second-order valence-electron chi connectivity index (χ2n) is 6.91. The van der Waals surface area contributed by atoms with Gasteiger partial charge in [0.05, 0.1) is 31.5 Å². The topological polar surface area (TPSA) is 68.2 Å². The quantitative estimate of drug-likeness (QED) is 0.511. The Morgan fingerprint density at radius 1 is 1.16 bits per heavy atom. The first-order valence-electron chi connectivity index (χ1n) is 10.3. The molecule has 6 nitrogen and oxygen atoms in total. The Bertz CT molecular complexity index is 898. The minimum atomic E-state index is -0.670. The zero-order valence-electron chi connectivity index (χ0n) is 18.4. The molecule has 1 N–H and O–H groups in total. The van der Waals surface area contributed by atoms with Gasteiger partial charge < -0.3 is 24.2 Å². The van der Waals surface area contributed by atoms with Crippen LogP contribution in [0.15, 0.2) is 42.5 Å². The van der Waals surface area contributed by atoms with E-state index in [4.69, 9.17) is 25.8 Å². The van der Waals surface area contributed by atoms with E-state index >= 15 is 0 Å². The number of ether oxygens (including phenoxy) is 3. The van der Waals surface area contributed by atoms with Crippen molar-refractivity contribution >= 4 is 23.6 Å². The lowest BCUT2D eigenvalue weighted by molar-refractivity contribution is -0.127. The molecule has 0 heterocycles. The fraction of sp³-hybridized carbons (Fsp3) is 0.375. The summed E-state index contributed by atoms with van der Waals surface area (Å²) in [6.45, 7) is 6.93. The number of methoxy groups -OCH3 is 1. The third-order valence-electron chi connectivity index (χ3n) is 4.38. The van der Waals surface area contributed by atoms with Crippen molar-refractivity contribution in [3.63, 3.8) is 0 Å². The van der Waals surface area contributed by atoms with E-state index < -0.39 is 6.10 Å². The van der Waals surface area contributed by atoms with Crippen molar-refractivity contribution in [3.05, 3.63) is 58.6 Å². The first-order valence-corrected chi connectivity index (χ1v) is 10.6. The number of para-hydroxylation sites is 1. The number of halogens is 1. The summed E-state index contributed by atoms with van der Waals surface area (Å²) in [5, 5.41) is 10.3. The Balaban J connectivity index is 2.25. The minimum Gasteiger partial charge on any atom is -0.494 e. The number of aliphatic hydroxyl groups is 1. The highest BCUT2D eigenvalue weighted by molar-refractivity contribution is 6.32. The molecule has 0 radical (unpaired) electrons. The second kappa shape index (κ2) is 12.2. The molecule has 31 heavy (non-hydrogen) atoms. The van der Waals surface area contributed by atoms with Gasteiger partial charge in [-0.25, -0.2) is 0 Å². The molecule has 168 valence electrons. The highest BCUT2D eigenvalue weighted by Crippen LogP contribution is 2.36. The molecule has 0 aliphatic heterocycles. The third kappa shape index (κ3) is 7.19. The van der Waals surface area contributed by atoms with Crippen LogP contribution in [0.1, 0.15) is 31.9 Å². The fourth-order valence-corrected chi connectivity index (χ4v) is 3.40. The molecule has 0 fully saturated rings. The van der Waals surface area contributed by atoms with Gasteiger partial charge in [0.25, 0.3) is 0 Å². The summed E-state index contributed by atoms with van der Waals surface area (Å²) in [5.41, 5.74) is 1.58. The lowest BCUT2D eigenvalue weighted by atomic mass is 10.1. The van der Waals surface area contributed by atoms with Crippen LogP contribution in [0, 0.1) is 0 Å². The van der Waals surface area contributed by atoms with Crippen LogP contribution >= 0.6 is 11.6 Å². The highest BCUT2D eigenvalue weighted by Gasteiger charge is 2.17. The first kappa shape index (κ1) is 24.6. The van der Waals surface area contributed by atoms with Crippen molar-refractivity contribution in [1.82, 2.24) is 4.90 Å². The minimum absolute atomic E-state index is 0.192. The van der Waals surface area contributed by atoms with Crippen LogP contribution in [0.25, 0.3) is 6.08 Å². The van der Waals surface area contributed by atoms with Crippen molar-refractivity contribution in [2.45, 2.75) is 33.4 Å². The van der Waals surface area contributed by atoms with E-state index in [1.54, 1.807) is 30.0 Å². The van der Waals surface area contributed by atoms with Crippen molar-refractivity contribution in [2.75, 3.05) is 26.9 Å². The molecule has 0 aromatic heterocycles. The van der Waals surface area contributed by atoms with Gasteiger partial charge in [0, 0.05) is 24.7 Å². The number of hydrogen-bond acceptors (Lipinski definition) is 5. The van der Waals surface area contributed by atoms with Gasteiger partial charge in [0.2, 0.25) is 5.91 Å². The van der Waals surface area contributed by atoms with Gasteiger partial charge in [0.1, 0.15) is 5.75 Å². The van der Waals surface area contributed by atoms with Crippen LogP contribution in [-0.2, 0) is 11.3 Å². The molecule has 1 atom stereocenters. The van der Waals surface area contributed by atoms with Crippen LogP contribution in [0.3, 0.4) is 0 Å². The monoisotopic (exact) mass is 447 g/mol. The predicted octanol–water partition coefficient (Wildman–Crippen LogP) is 4.57. The molecule has 2 rings (SSSR count). The SMILES string of the molecule is CCOc1ccccc1CN(C[C@H](C)O)C(=O)/C=C\c1cc(Cl)c(OC)c(OCC)c1. The maximum Gasteiger partial charge on any atom is 0.246 e. The zero-order valence-corrected chi connectivity index (χ0v) is 19.2. The molecule has 2 aromatic carbocycles. The molecule has 0 aliphatic carbocycles. The Morgan fingerprint density at radius 3 is 2.48 bits per heavy atom.